The summed E-state index contributed by atoms with van der Waals surface area (Å²) in [6.45, 7) is 7.44. The lowest BCUT2D eigenvalue weighted by Gasteiger charge is -2.34. The van der Waals surface area contributed by atoms with E-state index in [0.29, 0.717) is 25.8 Å². The molecule has 2 atom stereocenters. The number of carbonyl (C=O) groups excluding carboxylic acids is 1. The summed E-state index contributed by atoms with van der Waals surface area (Å²) < 4.78 is 11.0. The van der Waals surface area contributed by atoms with Gasteiger partial charge in [-0.25, -0.2) is 0 Å². The van der Waals surface area contributed by atoms with E-state index in [1.165, 1.54) is 25.7 Å². The summed E-state index contributed by atoms with van der Waals surface area (Å²) in [7, 11) is 0. The number of carbonyl (C=O) groups is 1. The first kappa shape index (κ1) is 16.2. The zero-order valence-corrected chi connectivity index (χ0v) is 13.5. The average Bonchev–Trinajstić information content (AvgIpc) is 2.83. The summed E-state index contributed by atoms with van der Waals surface area (Å²) in [4.78, 5) is 17.0. The zero-order valence-electron chi connectivity index (χ0n) is 13.5. The van der Waals surface area contributed by atoms with Crippen LogP contribution in [0, 0.1) is 0 Å². The molecule has 0 radical (unpaired) electrons. The highest BCUT2D eigenvalue weighted by Crippen LogP contribution is 2.15. The molecule has 3 aliphatic heterocycles. The average molecular weight is 311 g/mol. The van der Waals surface area contributed by atoms with Crippen molar-refractivity contribution in [1.82, 2.24) is 15.1 Å². The lowest BCUT2D eigenvalue weighted by Crippen LogP contribution is -2.55. The predicted octanol–water partition coefficient (Wildman–Crippen LogP) is 0.0782. The highest BCUT2D eigenvalue weighted by atomic mass is 16.5. The van der Waals surface area contributed by atoms with Crippen LogP contribution in [0.15, 0.2) is 0 Å². The molecule has 6 heteroatoms. The SMILES string of the molecule is O=C(CN1CCCCCC1)N[C@H]1COC[C@@H]1N1CCOCC1. The molecule has 3 fully saturated rings. The third kappa shape index (κ3) is 4.41. The predicted molar refractivity (Wildman–Crippen MR) is 83.8 cm³/mol. The molecule has 3 heterocycles. The number of likely N-dealkylation sites (tertiary alicyclic amines) is 1. The van der Waals surface area contributed by atoms with Crippen LogP contribution >= 0.6 is 0 Å². The van der Waals surface area contributed by atoms with Crippen LogP contribution in [-0.2, 0) is 14.3 Å². The Morgan fingerprint density at radius 1 is 0.955 bits per heavy atom. The second-order valence-electron chi connectivity index (χ2n) is 6.62. The van der Waals surface area contributed by atoms with Crippen molar-refractivity contribution in [1.29, 1.82) is 0 Å². The summed E-state index contributed by atoms with van der Waals surface area (Å²) in [6, 6.07) is 0.426. The molecule has 3 aliphatic rings. The Bertz CT molecular complexity index is 353. The van der Waals surface area contributed by atoms with Gasteiger partial charge in [-0.2, -0.15) is 0 Å². The molecule has 6 nitrogen and oxygen atoms in total. The highest BCUT2D eigenvalue weighted by molar-refractivity contribution is 5.78. The number of morpholine rings is 1. The molecule has 0 bridgehead atoms. The van der Waals surface area contributed by atoms with Gasteiger partial charge in [0.2, 0.25) is 5.91 Å². The van der Waals surface area contributed by atoms with Gasteiger partial charge in [-0.15, -0.1) is 0 Å². The fourth-order valence-corrected chi connectivity index (χ4v) is 3.70. The quantitative estimate of drug-likeness (QED) is 0.797. The second-order valence-corrected chi connectivity index (χ2v) is 6.62. The van der Waals surface area contributed by atoms with Crippen molar-refractivity contribution in [3.8, 4) is 0 Å². The van der Waals surface area contributed by atoms with Crippen LogP contribution in [0.4, 0.5) is 0 Å². The molecule has 0 aromatic rings. The van der Waals surface area contributed by atoms with Crippen molar-refractivity contribution in [3.05, 3.63) is 0 Å². The van der Waals surface area contributed by atoms with Gasteiger partial charge in [0.25, 0.3) is 0 Å². The zero-order chi connectivity index (χ0) is 15.2. The van der Waals surface area contributed by atoms with Gasteiger partial charge in [-0.05, 0) is 25.9 Å². The summed E-state index contributed by atoms with van der Waals surface area (Å²) in [5, 5.41) is 3.21. The van der Waals surface area contributed by atoms with E-state index in [-0.39, 0.29) is 11.9 Å². The van der Waals surface area contributed by atoms with Crippen molar-refractivity contribution < 1.29 is 14.3 Å². The van der Waals surface area contributed by atoms with Gasteiger partial charge in [0.05, 0.1) is 45.1 Å². The van der Waals surface area contributed by atoms with Crippen LogP contribution in [0.25, 0.3) is 0 Å². The summed E-state index contributed by atoms with van der Waals surface area (Å²) in [6.07, 6.45) is 5.04. The number of ether oxygens (including phenoxy) is 2. The monoisotopic (exact) mass is 311 g/mol. The van der Waals surface area contributed by atoms with E-state index >= 15 is 0 Å². The number of nitrogens with zero attached hydrogens (tertiary/aromatic N) is 2. The van der Waals surface area contributed by atoms with Gasteiger partial charge in [-0.1, -0.05) is 12.8 Å². The minimum absolute atomic E-state index is 0.123. The maximum absolute atomic E-state index is 12.4. The van der Waals surface area contributed by atoms with Crippen LogP contribution in [0.5, 0.6) is 0 Å². The second kappa shape index (κ2) is 8.24. The molecule has 0 aliphatic carbocycles. The van der Waals surface area contributed by atoms with Crippen molar-refractivity contribution in [3.63, 3.8) is 0 Å². The Labute approximate surface area is 133 Å². The fraction of sp³-hybridized carbons (Fsp3) is 0.938. The lowest BCUT2D eigenvalue weighted by molar-refractivity contribution is -0.123. The summed E-state index contributed by atoms with van der Waals surface area (Å²) in [5.74, 6) is 0.149. The van der Waals surface area contributed by atoms with Crippen LogP contribution in [-0.4, -0.2) is 86.9 Å². The van der Waals surface area contributed by atoms with Gasteiger partial charge in [-0.3, -0.25) is 14.6 Å². The van der Waals surface area contributed by atoms with Gasteiger partial charge in [0.1, 0.15) is 0 Å². The Hall–Kier alpha value is -0.690. The Kier molecular flexibility index (Phi) is 6.06. The standard InChI is InChI=1S/C16H29N3O3/c20-16(11-18-5-3-1-2-4-6-18)17-14-12-22-13-15(14)19-7-9-21-10-8-19/h14-15H,1-13H2,(H,17,20)/t14-,15-/m0/s1. The molecule has 126 valence electrons. The molecule has 0 spiro atoms. The minimum Gasteiger partial charge on any atom is -0.379 e. The number of hydrogen-bond acceptors (Lipinski definition) is 5. The molecular formula is C16H29N3O3. The topological polar surface area (TPSA) is 54.0 Å². The smallest absolute Gasteiger partial charge is 0.234 e. The van der Waals surface area contributed by atoms with E-state index < -0.39 is 0 Å². The molecule has 0 aromatic carbocycles. The van der Waals surface area contributed by atoms with Crippen LogP contribution in [0.2, 0.25) is 0 Å². The first-order valence-electron chi connectivity index (χ1n) is 8.74. The Balaban J connectivity index is 1.47. The molecular weight excluding hydrogens is 282 g/mol. The maximum Gasteiger partial charge on any atom is 0.234 e. The summed E-state index contributed by atoms with van der Waals surface area (Å²) in [5.41, 5.74) is 0. The fourth-order valence-electron chi connectivity index (χ4n) is 3.70. The van der Waals surface area contributed by atoms with Gasteiger partial charge >= 0.3 is 0 Å². The van der Waals surface area contributed by atoms with Crippen molar-refractivity contribution in [2.75, 3.05) is 59.2 Å². The van der Waals surface area contributed by atoms with E-state index in [4.69, 9.17) is 9.47 Å². The normalized spacial score (nSPS) is 31.8. The van der Waals surface area contributed by atoms with Crippen molar-refractivity contribution in [2.45, 2.75) is 37.8 Å². The largest absolute Gasteiger partial charge is 0.379 e. The van der Waals surface area contributed by atoms with Crippen molar-refractivity contribution in [2.24, 2.45) is 0 Å². The van der Waals surface area contributed by atoms with Crippen LogP contribution in [0.1, 0.15) is 25.7 Å². The van der Waals surface area contributed by atoms with E-state index in [0.717, 1.165) is 39.4 Å². The lowest BCUT2D eigenvalue weighted by atomic mass is 10.1. The Morgan fingerprint density at radius 3 is 2.41 bits per heavy atom. The van der Waals surface area contributed by atoms with Crippen LogP contribution < -0.4 is 5.32 Å². The molecule has 3 rings (SSSR count). The number of amides is 1. The third-order valence-corrected chi connectivity index (χ3v) is 4.98. The molecule has 0 saturated carbocycles. The van der Waals surface area contributed by atoms with E-state index in [1.54, 1.807) is 0 Å². The molecule has 1 amide bonds. The first-order valence-corrected chi connectivity index (χ1v) is 8.74. The maximum atomic E-state index is 12.4. The first-order chi connectivity index (χ1) is 10.8. The number of hydrogen-bond donors (Lipinski definition) is 1. The highest BCUT2D eigenvalue weighted by Gasteiger charge is 2.34. The van der Waals surface area contributed by atoms with E-state index in [9.17, 15) is 4.79 Å². The molecule has 0 aromatic heterocycles. The third-order valence-electron chi connectivity index (χ3n) is 4.98. The molecule has 3 saturated heterocycles. The van der Waals surface area contributed by atoms with E-state index in [1.807, 2.05) is 0 Å². The molecule has 22 heavy (non-hydrogen) atoms. The number of nitrogens with one attached hydrogen (secondary N) is 1. The molecule has 0 unspecified atom stereocenters. The summed E-state index contributed by atoms with van der Waals surface area (Å²) >= 11 is 0. The van der Waals surface area contributed by atoms with Crippen molar-refractivity contribution >= 4 is 5.91 Å². The van der Waals surface area contributed by atoms with Gasteiger partial charge in [0.15, 0.2) is 0 Å². The van der Waals surface area contributed by atoms with Crippen LogP contribution in [0.3, 0.4) is 0 Å². The number of rotatable bonds is 4. The molecule has 1 N–H and O–H groups in total. The van der Waals surface area contributed by atoms with Gasteiger partial charge in [0, 0.05) is 13.1 Å². The van der Waals surface area contributed by atoms with E-state index in [2.05, 4.69) is 15.1 Å². The Morgan fingerprint density at radius 2 is 1.68 bits per heavy atom. The van der Waals surface area contributed by atoms with Gasteiger partial charge < -0.3 is 14.8 Å². The minimum atomic E-state index is 0.123.